The van der Waals surface area contributed by atoms with Crippen LogP contribution in [0.4, 0.5) is 0 Å². The van der Waals surface area contributed by atoms with Gasteiger partial charge in [0.1, 0.15) is 0 Å². The third kappa shape index (κ3) is 2.11. The number of benzene rings is 1. The van der Waals surface area contributed by atoms with Gasteiger partial charge in [-0.15, -0.1) is 0 Å². The van der Waals surface area contributed by atoms with Gasteiger partial charge >= 0.3 is 0 Å². The molecule has 2 heterocycles. The van der Waals surface area contributed by atoms with Gasteiger partial charge < -0.3 is 4.90 Å². The molecule has 1 aromatic carbocycles. The number of nitrogens with zero attached hydrogens (tertiary/aromatic N) is 3. The number of rotatable bonds is 2. The molecular weight excluding hydrogens is 254 g/mol. The predicted octanol–water partition coefficient (Wildman–Crippen LogP) is 1.74. The summed E-state index contributed by atoms with van der Waals surface area (Å²) in [5.41, 5.74) is 1.98. The molecule has 2 aromatic rings. The Morgan fingerprint density at radius 2 is 1.85 bits per heavy atom. The molecule has 0 aliphatic carbocycles. The maximum Gasteiger partial charge on any atom is 0.255 e. The van der Waals surface area contributed by atoms with Crippen LogP contribution in [0.5, 0.6) is 0 Å². The van der Waals surface area contributed by atoms with Crippen LogP contribution in [0.2, 0.25) is 0 Å². The number of hydrogen-bond acceptors (Lipinski definition) is 3. The van der Waals surface area contributed by atoms with Crippen LogP contribution in [0.1, 0.15) is 33.3 Å². The molecule has 1 amide bonds. The number of carbonyl (C=O) groups is 2. The highest BCUT2D eigenvalue weighted by molar-refractivity contribution is 6.07. The van der Waals surface area contributed by atoms with Crippen LogP contribution in [0.3, 0.4) is 0 Å². The Morgan fingerprint density at radius 1 is 1.10 bits per heavy atom. The zero-order chi connectivity index (χ0) is 14.1. The smallest absolute Gasteiger partial charge is 0.255 e. The fourth-order valence-electron chi connectivity index (χ4n) is 2.51. The summed E-state index contributed by atoms with van der Waals surface area (Å²) in [6, 6.07) is 8.89. The Bertz CT molecular complexity index is 675. The monoisotopic (exact) mass is 269 g/mol. The molecule has 3 rings (SSSR count). The van der Waals surface area contributed by atoms with Gasteiger partial charge in [-0.3, -0.25) is 14.3 Å². The van der Waals surface area contributed by atoms with E-state index in [-0.39, 0.29) is 11.7 Å². The van der Waals surface area contributed by atoms with E-state index in [2.05, 4.69) is 5.10 Å². The predicted molar refractivity (Wildman–Crippen MR) is 73.4 cm³/mol. The normalized spacial score (nSPS) is 13.9. The average Bonchev–Trinajstić information content (AvgIpc) is 2.93. The first-order chi connectivity index (χ1) is 9.66. The van der Waals surface area contributed by atoms with E-state index in [9.17, 15) is 9.59 Å². The first-order valence-corrected chi connectivity index (χ1v) is 6.57. The summed E-state index contributed by atoms with van der Waals surface area (Å²) in [6.45, 7) is 3.32. The minimum absolute atomic E-state index is 0.0870. The van der Waals surface area contributed by atoms with E-state index in [1.54, 1.807) is 35.4 Å². The van der Waals surface area contributed by atoms with Crippen LogP contribution < -0.4 is 0 Å². The Balaban J connectivity index is 1.89. The highest BCUT2D eigenvalue weighted by Crippen LogP contribution is 2.17. The van der Waals surface area contributed by atoms with E-state index >= 15 is 0 Å². The standard InChI is InChI=1S/C15H15N3O2/c1-11(19)13-4-2-3-5-14(13)15(20)17-8-9-18-12(10-17)6-7-16-18/h2-7H,8-10H2,1H3. The number of fused-ring (bicyclic) bond motifs is 1. The van der Waals surface area contributed by atoms with Crippen molar-refractivity contribution in [1.82, 2.24) is 14.7 Å². The summed E-state index contributed by atoms with van der Waals surface area (Å²) in [7, 11) is 0. The lowest BCUT2D eigenvalue weighted by molar-refractivity contribution is 0.0702. The van der Waals surface area contributed by atoms with Gasteiger partial charge in [-0.05, 0) is 19.1 Å². The molecule has 1 aliphatic rings. The SMILES string of the molecule is CC(=O)c1ccccc1C(=O)N1CCn2nccc2C1. The molecular formula is C15H15N3O2. The molecule has 0 spiro atoms. The third-order valence-corrected chi connectivity index (χ3v) is 3.56. The lowest BCUT2D eigenvalue weighted by Crippen LogP contribution is -2.38. The van der Waals surface area contributed by atoms with Crippen LogP contribution in [0.25, 0.3) is 0 Å². The maximum absolute atomic E-state index is 12.6. The van der Waals surface area contributed by atoms with Crippen molar-refractivity contribution in [3.8, 4) is 0 Å². The lowest BCUT2D eigenvalue weighted by Gasteiger charge is -2.28. The third-order valence-electron chi connectivity index (χ3n) is 3.56. The van der Waals surface area contributed by atoms with E-state index in [1.807, 2.05) is 10.7 Å². The van der Waals surface area contributed by atoms with Gasteiger partial charge in [0.05, 0.1) is 24.3 Å². The summed E-state index contributed by atoms with van der Waals surface area (Å²) in [5, 5.41) is 4.19. The van der Waals surface area contributed by atoms with Gasteiger partial charge in [0.25, 0.3) is 5.91 Å². The van der Waals surface area contributed by atoms with Crippen molar-refractivity contribution in [2.24, 2.45) is 0 Å². The van der Waals surface area contributed by atoms with Crippen molar-refractivity contribution in [3.63, 3.8) is 0 Å². The van der Waals surface area contributed by atoms with E-state index < -0.39 is 0 Å². The Hall–Kier alpha value is -2.43. The van der Waals surface area contributed by atoms with Crippen molar-refractivity contribution in [1.29, 1.82) is 0 Å². The highest BCUT2D eigenvalue weighted by atomic mass is 16.2. The van der Waals surface area contributed by atoms with Gasteiger partial charge in [0.2, 0.25) is 0 Å². The van der Waals surface area contributed by atoms with Gasteiger partial charge in [0, 0.05) is 18.3 Å². The highest BCUT2D eigenvalue weighted by Gasteiger charge is 2.24. The van der Waals surface area contributed by atoms with Crippen molar-refractivity contribution >= 4 is 11.7 Å². The van der Waals surface area contributed by atoms with Gasteiger partial charge in [0.15, 0.2) is 5.78 Å². The fraction of sp³-hybridized carbons (Fsp3) is 0.267. The van der Waals surface area contributed by atoms with Gasteiger partial charge in [-0.2, -0.15) is 5.10 Å². The average molecular weight is 269 g/mol. The molecule has 1 aromatic heterocycles. The molecule has 0 atom stereocenters. The second-order valence-corrected chi connectivity index (χ2v) is 4.87. The quantitative estimate of drug-likeness (QED) is 0.780. The number of ketones is 1. The summed E-state index contributed by atoms with van der Waals surface area (Å²) < 4.78 is 1.90. The van der Waals surface area contributed by atoms with Crippen LogP contribution in [0.15, 0.2) is 36.5 Å². The molecule has 20 heavy (non-hydrogen) atoms. The number of Topliss-reactive ketones (excluding diaryl/α,β-unsaturated/α-hetero) is 1. The zero-order valence-electron chi connectivity index (χ0n) is 11.2. The van der Waals surface area contributed by atoms with Crippen LogP contribution in [0, 0.1) is 0 Å². The summed E-state index contributed by atoms with van der Waals surface area (Å²) in [4.78, 5) is 26.0. The van der Waals surface area contributed by atoms with E-state index in [0.717, 1.165) is 5.69 Å². The first kappa shape index (κ1) is 12.6. The lowest BCUT2D eigenvalue weighted by atomic mass is 10.0. The summed E-state index contributed by atoms with van der Waals surface area (Å²) >= 11 is 0. The summed E-state index contributed by atoms with van der Waals surface area (Å²) in [6.07, 6.45) is 1.74. The minimum Gasteiger partial charge on any atom is -0.331 e. The first-order valence-electron chi connectivity index (χ1n) is 6.57. The number of carbonyl (C=O) groups excluding carboxylic acids is 2. The molecule has 0 saturated carbocycles. The molecule has 102 valence electrons. The molecule has 5 nitrogen and oxygen atoms in total. The molecule has 0 saturated heterocycles. The van der Waals surface area contributed by atoms with Crippen LogP contribution >= 0.6 is 0 Å². The fourth-order valence-corrected chi connectivity index (χ4v) is 2.51. The number of amides is 1. The molecule has 0 bridgehead atoms. The van der Waals surface area contributed by atoms with Crippen molar-refractivity contribution < 1.29 is 9.59 Å². The Kier molecular flexibility index (Phi) is 3.10. The van der Waals surface area contributed by atoms with Crippen molar-refractivity contribution in [2.75, 3.05) is 6.54 Å². The second-order valence-electron chi connectivity index (χ2n) is 4.87. The van der Waals surface area contributed by atoms with E-state index in [1.165, 1.54) is 6.92 Å². The zero-order valence-corrected chi connectivity index (χ0v) is 11.2. The van der Waals surface area contributed by atoms with Crippen molar-refractivity contribution in [2.45, 2.75) is 20.0 Å². The van der Waals surface area contributed by atoms with Gasteiger partial charge in [-0.25, -0.2) is 0 Å². The molecule has 1 aliphatic heterocycles. The van der Waals surface area contributed by atoms with Crippen molar-refractivity contribution in [3.05, 3.63) is 53.3 Å². The Morgan fingerprint density at radius 3 is 2.60 bits per heavy atom. The Labute approximate surface area is 116 Å². The second kappa shape index (κ2) is 4.92. The topological polar surface area (TPSA) is 55.2 Å². The number of hydrogen-bond donors (Lipinski definition) is 0. The maximum atomic E-state index is 12.6. The number of aromatic nitrogens is 2. The minimum atomic E-state index is -0.0942. The van der Waals surface area contributed by atoms with Crippen LogP contribution in [-0.4, -0.2) is 32.9 Å². The largest absolute Gasteiger partial charge is 0.331 e. The van der Waals surface area contributed by atoms with E-state index in [0.29, 0.717) is 30.8 Å². The molecule has 0 fully saturated rings. The summed E-state index contributed by atoms with van der Waals surface area (Å²) in [5.74, 6) is -0.181. The molecule has 0 unspecified atom stereocenters. The molecule has 0 radical (unpaired) electrons. The van der Waals surface area contributed by atoms with E-state index in [4.69, 9.17) is 0 Å². The van der Waals surface area contributed by atoms with Gasteiger partial charge in [-0.1, -0.05) is 18.2 Å². The van der Waals surface area contributed by atoms with Crippen LogP contribution in [-0.2, 0) is 13.1 Å². The molecule has 0 N–H and O–H groups in total. The molecule has 5 heteroatoms.